The van der Waals surface area contributed by atoms with Gasteiger partial charge < -0.3 is 14.5 Å². The number of aromatic nitrogens is 1. The molecule has 3 heterocycles. The largest absolute Gasteiger partial charge is 0.496 e. The van der Waals surface area contributed by atoms with Crippen LogP contribution in [0.3, 0.4) is 0 Å². The van der Waals surface area contributed by atoms with E-state index in [1.165, 1.54) is 0 Å². The van der Waals surface area contributed by atoms with Gasteiger partial charge in [-0.15, -0.1) is 0 Å². The van der Waals surface area contributed by atoms with Gasteiger partial charge in [0.05, 0.1) is 17.5 Å². The number of benzene rings is 1. The van der Waals surface area contributed by atoms with Crippen LogP contribution in [0.4, 0.5) is 5.82 Å². The third-order valence-electron chi connectivity index (χ3n) is 6.59. The van der Waals surface area contributed by atoms with Gasteiger partial charge in [-0.05, 0) is 31.0 Å². The second-order valence-electron chi connectivity index (χ2n) is 8.25. The van der Waals surface area contributed by atoms with E-state index in [-0.39, 0.29) is 11.3 Å². The fraction of sp³-hybridized carbons (Fsp3) is 0.455. The van der Waals surface area contributed by atoms with E-state index in [2.05, 4.69) is 20.9 Å². The molecule has 0 spiro atoms. The van der Waals surface area contributed by atoms with Gasteiger partial charge in [-0.1, -0.05) is 29.8 Å². The lowest BCUT2D eigenvalue weighted by Crippen LogP contribution is -2.40. The summed E-state index contributed by atoms with van der Waals surface area (Å²) in [5.41, 5.74) is 0.675. The molecule has 1 aliphatic carbocycles. The first kappa shape index (κ1) is 17.8. The van der Waals surface area contributed by atoms with E-state index in [1.807, 2.05) is 30.3 Å². The number of para-hydroxylation sites is 1. The van der Waals surface area contributed by atoms with E-state index < -0.39 is 0 Å². The molecule has 3 aliphatic rings. The van der Waals surface area contributed by atoms with E-state index in [0.29, 0.717) is 16.9 Å². The number of pyridine rings is 1. The SMILES string of the molecule is COc1ccccc1C1(C(=O)N2CC3CN(c4ccc(Cl)cn4)CC3C2)CC1. The van der Waals surface area contributed by atoms with Gasteiger partial charge in [-0.25, -0.2) is 4.98 Å². The monoisotopic (exact) mass is 397 g/mol. The molecule has 28 heavy (non-hydrogen) atoms. The summed E-state index contributed by atoms with van der Waals surface area (Å²) in [6, 6.07) is 11.8. The smallest absolute Gasteiger partial charge is 0.233 e. The molecule has 2 aromatic rings. The highest BCUT2D eigenvalue weighted by atomic mass is 35.5. The summed E-state index contributed by atoms with van der Waals surface area (Å²) >= 11 is 5.95. The normalized spacial score (nSPS) is 24.9. The first-order valence-corrected chi connectivity index (χ1v) is 10.3. The molecule has 1 aromatic heterocycles. The molecule has 5 rings (SSSR count). The maximum Gasteiger partial charge on any atom is 0.233 e. The summed E-state index contributed by atoms with van der Waals surface area (Å²) in [5, 5.41) is 0.658. The quantitative estimate of drug-likeness (QED) is 0.793. The van der Waals surface area contributed by atoms with Crippen molar-refractivity contribution in [2.24, 2.45) is 11.8 Å². The Balaban J connectivity index is 1.29. The van der Waals surface area contributed by atoms with Crippen LogP contribution in [0.1, 0.15) is 18.4 Å². The zero-order chi connectivity index (χ0) is 19.3. The Morgan fingerprint density at radius 1 is 1.11 bits per heavy atom. The molecule has 2 aliphatic heterocycles. The van der Waals surface area contributed by atoms with Gasteiger partial charge in [-0.2, -0.15) is 0 Å². The minimum absolute atomic E-state index is 0.280. The molecule has 1 amide bonds. The summed E-state index contributed by atoms with van der Waals surface area (Å²) in [6.45, 7) is 3.57. The van der Waals surface area contributed by atoms with Crippen LogP contribution in [0.15, 0.2) is 42.6 Å². The van der Waals surface area contributed by atoms with Crippen molar-refractivity contribution in [3.05, 3.63) is 53.2 Å². The fourth-order valence-electron chi connectivity index (χ4n) is 4.97. The molecule has 6 heteroatoms. The van der Waals surface area contributed by atoms with Crippen LogP contribution in [-0.4, -0.2) is 49.1 Å². The van der Waals surface area contributed by atoms with Gasteiger partial charge >= 0.3 is 0 Å². The Morgan fingerprint density at radius 2 is 1.82 bits per heavy atom. The highest BCUT2D eigenvalue weighted by Crippen LogP contribution is 2.53. The third kappa shape index (κ3) is 2.84. The first-order valence-electron chi connectivity index (χ1n) is 9.90. The number of anilines is 1. The summed E-state index contributed by atoms with van der Waals surface area (Å²) in [7, 11) is 1.68. The molecule has 2 unspecified atom stereocenters. The van der Waals surface area contributed by atoms with Crippen molar-refractivity contribution < 1.29 is 9.53 Å². The zero-order valence-corrected chi connectivity index (χ0v) is 16.7. The van der Waals surface area contributed by atoms with Crippen molar-refractivity contribution in [1.29, 1.82) is 0 Å². The van der Waals surface area contributed by atoms with Crippen LogP contribution < -0.4 is 9.64 Å². The van der Waals surface area contributed by atoms with Crippen molar-refractivity contribution in [2.75, 3.05) is 38.2 Å². The summed E-state index contributed by atoms with van der Waals surface area (Å²) in [4.78, 5) is 22.3. The Hall–Kier alpha value is -2.27. The molecule has 146 valence electrons. The molecule has 1 saturated carbocycles. The average molecular weight is 398 g/mol. The Labute approximate surface area is 170 Å². The van der Waals surface area contributed by atoms with Gasteiger partial charge in [0.1, 0.15) is 11.6 Å². The molecular formula is C22H24ClN3O2. The standard InChI is InChI=1S/C22H24ClN3O2/c1-28-19-5-3-2-4-18(19)22(8-9-22)21(27)26-13-15-11-25(12-16(15)14-26)20-7-6-17(23)10-24-20/h2-7,10,15-16H,8-9,11-14H2,1H3. The van der Waals surface area contributed by atoms with Gasteiger partial charge in [0.2, 0.25) is 5.91 Å². The van der Waals surface area contributed by atoms with Gasteiger partial charge in [0.25, 0.3) is 0 Å². The third-order valence-corrected chi connectivity index (χ3v) is 6.81. The number of carbonyl (C=O) groups excluding carboxylic acids is 1. The Bertz CT molecular complexity index is 883. The molecule has 5 nitrogen and oxygen atoms in total. The number of ether oxygens (including phenoxy) is 1. The number of fused-ring (bicyclic) bond motifs is 1. The maximum atomic E-state index is 13.4. The molecular weight excluding hydrogens is 374 g/mol. The molecule has 1 aromatic carbocycles. The number of rotatable bonds is 4. The van der Waals surface area contributed by atoms with E-state index in [9.17, 15) is 4.79 Å². The summed E-state index contributed by atoms with van der Waals surface area (Å²) in [5.74, 6) is 3.10. The lowest BCUT2D eigenvalue weighted by molar-refractivity contribution is -0.133. The molecule has 0 bridgehead atoms. The van der Waals surface area contributed by atoms with Crippen LogP contribution in [0, 0.1) is 11.8 Å². The van der Waals surface area contributed by atoms with Crippen molar-refractivity contribution in [3.8, 4) is 5.75 Å². The first-order chi connectivity index (χ1) is 13.6. The van der Waals surface area contributed by atoms with Crippen LogP contribution in [0.25, 0.3) is 0 Å². The van der Waals surface area contributed by atoms with E-state index >= 15 is 0 Å². The predicted octanol–water partition coefficient (Wildman–Crippen LogP) is 3.37. The number of likely N-dealkylation sites (tertiary alicyclic amines) is 1. The highest BCUT2D eigenvalue weighted by molar-refractivity contribution is 6.30. The predicted molar refractivity (Wildman–Crippen MR) is 109 cm³/mol. The number of hydrogen-bond acceptors (Lipinski definition) is 4. The Kier molecular flexibility index (Phi) is 4.23. The van der Waals surface area contributed by atoms with Crippen molar-refractivity contribution in [3.63, 3.8) is 0 Å². The van der Waals surface area contributed by atoms with Crippen LogP contribution >= 0.6 is 11.6 Å². The van der Waals surface area contributed by atoms with Crippen molar-refractivity contribution in [2.45, 2.75) is 18.3 Å². The van der Waals surface area contributed by atoms with Crippen LogP contribution in [-0.2, 0) is 10.2 Å². The zero-order valence-electron chi connectivity index (χ0n) is 16.0. The summed E-state index contributed by atoms with van der Waals surface area (Å²) < 4.78 is 5.54. The molecule has 0 radical (unpaired) electrons. The molecule has 2 atom stereocenters. The van der Waals surface area contributed by atoms with Crippen molar-refractivity contribution >= 4 is 23.3 Å². The molecule has 3 fully saturated rings. The van der Waals surface area contributed by atoms with Crippen molar-refractivity contribution in [1.82, 2.24) is 9.88 Å². The topological polar surface area (TPSA) is 45.7 Å². The minimum Gasteiger partial charge on any atom is -0.496 e. The number of halogens is 1. The number of methoxy groups -OCH3 is 1. The number of carbonyl (C=O) groups is 1. The number of amides is 1. The van der Waals surface area contributed by atoms with Crippen LogP contribution in [0.2, 0.25) is 5.02 Å². The van der Waals surface area contributed by atoms with Gasteiger partial charge in [-0.3, -0.25) is 4.79 Å². The lowest BCUT2D eigenvalue weighted by atomic mass is 9.93. The average Bonchev–Trinajstić information content (AvgIpc) is 3.28. The van der Waals surface area contributed by atoms with Crippen LogP contribution in [0.5, 0.6) is 5.75 Å². The second kappa shape index (κ2) is 6.66. The fourth-order valence-corrected chi connectivity index (χ4v) is 5.08. The number of hydrogen-bond donors (Lipinski definition) is 0. The molecule has 2 saturated heterocycles. The van der Waals surface area contributed by atoms with E-state index in [1.54, 1.807) is 13.3 Å². The lowest BCUT2D eigenvalue weighted by Gasteiger charge is -2.27. The number of nitrogens with zero attached hydrogens (tertiary/aromatic N) is 3. The van der Waals surface area contributed by atoms with Gasteiger partial charge in [0, 0.05) is 49.8 Å². The van der Waals surface area contributed by atoms with Gasteiger partial charge in [0.15, 0.2) is 0 Å². The van der Waals surface area contributed by atoms with E-state index in [0.717, 1.165) is 56.2 Å². The minimum atomic E-state index is -0.372. The maximum absolute atomic E-state index is 13.4. The summed E-state index contributed by atoms with van der Waals surface area (Å²) in [6.07, 6.45) is 3.53. The van der Waals surface area contributed by atoms with E-state index in [4.69, 9.17) is 16.3 Å². The molecule has 0 N–H and O–H groups in total. The second-order valence-corrected chi connectivity index (χ2v) is 8.69. The Morgan fingerprint density at radius 3 is 2.43 bits per heavy atom. The highest BCUT2D eigenvalue weighted by Gasteiger charge is 2.56.